The van der Waals surface area contributed by atoms with E-state index >= 15 is 0 Å². The minimum absolute atomic E-state index is 0.0140. The normalized spacial score (nSPS) is 15.2. The third-order valence-corrected chi connectivity index (χ3v) is 15.6. The molecule has 0 unspecified atom stereocenters. The summed E-state index contributed by atoms with van der Waals surface area (Å²) in [6.45, 7) is 37.4. The smallest absolute Gasteiger partial charge is 0.0887 e. The van der Waals surface area contributed by atoms with Gasteiger partial charge in [-0.1, -0.05) is 183 Å². The van der Waals surface area contributed by atoms with E-state index in [0.29, 0.717) is 5.02 Å². The molecule has 0 aliphatic heterocycles. The Morgan fingerprint density at radius 1 is 0.470 bits per heavy atom. The van der Waals surface area contributed by atoms with E-state index in [9.17, 15) is 0 Å². The predicted octanol–water partition coefficient (Wildman–Crippen LogP) is 19.7. The summed E-state index contributed by atoms with van der Waals surface area (Å²) in [5.74, 6) is 0. The first-order valence-electron chi connectivity index (χ1n) is 24.1. The molecule has 4 heteroatoms. The summed E-state index contributed by atoms with van der Waals surface area (Å²) in [6.07, 6.45) is 2.30. The van der Waals surface area contributed by atoms with E-state index in [-0.39, 0.29) is 32.5 Å². The van der Waals surface area contributed by atoms with Gasteiger partial charge in [0, 0.05) is 32.5 Å². The summed E-state index contributed by atoms with van der Waals surface area (Å²) in [5.41, 5.74) is 16.5. The molecule has 0 spiro atoms. The second kappa shape index (κ2) is 16.7. The monoisotopic (exact) mass is 913 g/mol. The van der Waals surface area contributed by atoms with Gasteiger partial charge >= 0.3 is 0 Å². The third-order valence-electron chi connectivity index (χ3n) is 14.3. The van der Waals surface area contributed by atoms with Crippen molar-refractivity contribution in [1.82, 2.24) is 0 Å². The van der Waals surface area contributed by atoms with Crippen LogP contribution in [0.2, 0.25) is 5.02 Å². The van der Waals surface area contributed by atoms with Crippen LogP contribution in [0, 0.1) is 0 Å². The molecule has 1 aliphatic rings. The molecule has 1 aromatic heterocycles. The summed E-state index contributed by atoms with van der Waals surface area (Å²) in [4.78, 5) is 4.92. The average molecular weight is 914 g/mol. The van der Waals surface area contributed by atoms with Crippen LogP contribution in [-0.4, -0.2) is 0 Å². The lowest BCUT2D eigenvalue weighted by molar-refractivity contribution is 0.332. The van der Waals surface area contributed by atoms with Crippen LogP contribution >= 0.6 is 22.9 Å². The van der Waals surface area contributed by atoms with E-state index in [1.54, 1.807) is 0 Å². The standard InChI is InChI=1S/C62H73ClN2S/c1-57(2,3)41-23-20-24-44(33-41)64(45-26-28-49(60(10,11)12)47(37-45)40-21-18-17-19-22-40)52-35-43(59(7,8)9)36-53(56(52)63)65(54-39-66-55-30-25-42(34-48(54)55)58(4,5)6)46-27-29-50-51(38-46)62(15,16)32-31-61(50,13)14/h17-30,33-39H,31-32H2,1-16H3. The molecule has 344 valence electrons. The first-order chi connectivity index (χ1) is 30.6. The highest BCUT2D eigenvalue weighted by atomic mass is 35.5. The number of fused-ring (bicyclic) bond motifs is 2. The molecule has 66 heavy (non-hydrogen) atoms. The number of hydrogen-bond donors (Lipinski definition) is 0. The second-order valence-corrected chi connectivity index (χ2v) is 25.8. The Bertz CT molecular complexity index is 2920. The lowest BCUT2D eigenvalue weighted by Gasteiger charge is -2.42. The fourth-order valence-corrected chi connectivity index (χ4v) is 11.0. The number of nitrogens with zero attached hydrogens (tertiary/aromatic N) is 2. The van der Waals surface area contributed by atoms with Crippen molar-refractivity contribution in [3.63, 3.8) is 0 Å². The van der Waals surface area contributed by atoms with Crippen molar-refractivity contribution in [2.24, 2.45) is 0 Å². The van der Waals surface area contributed by atoms with E-state index in [1.807, 2.05) is 11.3 Å². The summed E-state index contributed by atoms with van der Waals surface area (Å²) in [5, 5.41) is 4.30. The van der Waals surface area contributed by atoms with Gasteiger partial charge in [-0.15, -0.1) is 11.3 Å². The molecule has 0 radical (unpaired) electrons. The number of halogens is 1. The van der Waals surface area contributed by atoms with Crippen LogP contribution in [0.1, 0.15) is 157 Å². The quantitative estimate of drug-likeness (QED) is 0.157. The first-order valence-corrected chi connectivity index (χ1v) is 25.3. The number of hydrogen-bond acceptors (Lipinski definition) is 3. The fraction of sp³-hybridized carbons (Fsp3) is 0.387. The van der Waals surface area contributed by atoms with Gasteiger partial charge in [-0.3, -0.25) is 0 Å². The van der Waals surface area contributed by atoms with Crippen LogP contribution in [0.15, 0.2) is 127 Å². The van der Waals surface area contributed by atoms with Crippen molar-refractivity contribution in [3.05, 3.63) is 165 Å². The van der Waals surface area contributed by atoms with Gasteiger partial charge in [-0.2, -0.15) is 0 Å². The highest BCUT2D eigenvalue weighted by molar-refractivity contribution is 7.17. The van der Waals surface area contributed by atoms with Crippen LogP contribution in [0.5, 0.6) is 0 Å². The maximum atomic E-state index is 8.30. The minimum Gasteiger partial charge on any atom is -0.309 e. The number of thiophene rings is 1. The number of anilines is 6. The van der Waals surface area contributed by atoms with Crippen molar-refractivity contribution in [3.8, 4) is 11.1 Å². The van der Waals surface area contributed by atoms with Crippen molar-refractivity contribution in [1.29, 1.82) is 0 Å². The van der Waals surface area contributed by atoms with Crippen LogP contribution in [0.25, 0.3) is 21.2 Å². The van der Waals surface area contributed by atoms with E-state index in [1.165, 1.54) is 61.0 Å². The van der Waals surface area contributed by atoms with E-state index in [2.05, 4.69) is 247 Å². The zero-order valence-corrected chi connectivity index (χ0v) is 44.3. The van der Waals surface area contributed by atoms with Crippen LogP contribution in [-0.2, 0) is 32.5 Å². The van der Waals surface area contributed by atoms with Crippen molar-refractivity contribution in [2.45, 2.75) is 156 Å². The van der Waals surface area contributed by atoms with Gasteiger partial charge in [-0.05, 0) is 151 Å². The van der Waals surface area contributed by atoms with Gasteiger partial charge in [0.05, 0.1) is 22.1 Å². The van der Waals surface area contributed by atoms with Gasteiger partial charge in [0.2, 0.25) is 0 Å². The minimum atomic E-state index is -0.206. The summed E-state index contributed by atoms with van der Waals surface area (Å²) >= 11 is 10.1. The second-order valence-electron chi connectivity index (χ2n) is 24.5. The zero-order valence-electron chi connectivity index (χ0n) is 42.7. The topological polar surface area (TPSA) is 6.48 Å². The Balaban J connectivity index is 1.48. The van der Waals surface area contributed by atoms with Gasteiger partial charge in [0.1, 0.15) is 0 Å². The zero-order chi connectivity index (χ0) is 47.9. The molecule has 0 saturated heterocycles. The average Bonchev–Trinajstić information content (AvgIpc) is 3.66. The third kappa shape index (κ3) is 9.12. The fourth-order valence-electron chi connectivity index (χ4n) is 9.85. The highest BCUT2D eigenvalue weighted by Gasteiger charge is 2.38. The lowest BCUT2D eigenvalue weighted by Crippen LogP contribution is -2.34. The molecular formula is C62H73ClN2S. The lowest BCUT2D eigenvalue weighted by atomic mass is 9.63. The molecule has 1 heterocycles. The Morgan fingerprint density at radius 2 is 1.03 bits per heavy atom. The molecule has 0 amide bonds. The van der Waals surface area contributed by atoms with Gasteiger partial charge in [0.15, 0.2) is 0 Å². The maximum absolute atomic E-state index is 8.30. The molecule has 2 nitrogen and oxygen atoms in total. The van der Waals surface area contributed by atoms with Crippen molar-refractivity contribution >= 4 is 67.1 Å². The molecule has 7 aromatic rings. The van der Waals surface area contributed by atoms with Gasteiger partial charge < -0.3 is 9.80 Å². The van der Waals surface area contributed by atoms with Crippen molar-refractivity contribution < 1.29 is 0 Å². The molecule has 8 rings (SSSR count). The van der Waals surface area contributed by atoms with E-state index in [4.69, 9.17) is 11.6 Å². The van der Waals surface area contributed by atoms with E-state index in [0.717, 1.165) is 40.5 Å². The molecular weight excluding hydrogens is 840 g/mol. The van der Waals surface area contributed by atoms with Crippen LogP contribution in [0.4, 0.5) is 34.1 Å². The Kier molecular flexibility index (Phi) is 12.1. The Morgan fingerprint density at radius 3 is 1.65 bits per heavy atom. The molecule has 1 aliphatic carbocycles. The van der Waals surface area contributed by atoms with E-state index < -0.39 is 0 Å². The maximum Gasteiger partial charge on any atom is 0.0887 e. The Hall–Kier alpha value is -4.83. The number of rotatable bonds is 7. The van der Waals surface area contributed by atoms with Crippen LogP contribution in [0.3, 0.4) is 0 Å². The molecule has 0 N–H and O–H groups in total. The van der Waals surface area contributed by atoms with Crippen LogP contribution < -0.4 is 9.80 Å². The molecule has 0 fully saturated rings. The number of benzene rings is 6. The molecule has 0 atom stereocenters. The Labute approximate surface area is 407 Å². The SMILES string of the molecule is CC(C)(C)c1cccc(N(c2ccc(C(C)(C)C)c(-c3ccccc3)c2)c2cc(C(C)(C)C)cc(N(c3ccc4c(c3)C(C)(C)CCC4(C)C)c3csc4ccc(C(C)(C)C)cc34)c2Cl)c1. The summed E-state index contributed by atoms with van der Waals surface area (Å²) in [7, 11) is 0. The summed E-state index contributed by atoms with van der Waals surface area (Å²) in [6, 6.07) is 46.0. The van der Waals surface area contributed by atoms with Gasteiger partial charge in [-0.25, -0.2) is 0 Å². The highest BCUT2D eigenvalue weighted by Crippen LogP contribution is 2.54. The first kappa shape index (κ1) is 47.7. The van der Waals surface area contributed by atoms with Gasteiger partial charge in [0.25, 0.3) is 0 Å². The molecule has 6 aromatic carbocycles. The summed E-state index contributed by atoms with van der Waals surface area (Å²) < 4.78 is 1.26. The van der Waals surface area contributed by atoms with Crippen molar-refractivity contribution in [2.75, 3.05) is 9.80 Å². The molecule has 0 bridgehead atoms. The largest absolute Gasteiger partial charge is 0.309 e. The predicted molar refractivity (Wildman–Crippen MR) is 292 cm³/mol. The molecule has 0 saturated carbocycles.